The number of carbonyl (C=O) groups is 1. The first-order chi connectivity index (χ1) is 9.15. The van der Waals surface area contributed by atoms with Gasteiger partial charge in [0, 0.05) is 5.56 Å². The predicted octanol–water partition coefficient (Wildman–Crippen LogP) is 4.29. The van der Waals surface area contributed by atoms with Crippen LogP contribution in [0.15, 0.2) is 60.7 Å². The molecule has 0 atom stereocenters. The van der Waals surface area contributed by atoms with Gasteiger partial charge in [-0.05, 0) is 31.9 Å². The van der Waals surface area contributed by atoms with Crippen LogP contribution in [0.2, 0.25) is 0 Å². The Kier molecular flexibility index (Phi) is 4.30. The van der Waals surface area contributed by atoms with E-state index in [0.717, 1.165) is 12.0 Å². The van der Waals surface area contributed by atoms with Crippen molar-refractivity contribution in [2.45, 2.75) is 20.3 Å². The first-order valence-corrected chi connectivity index (χ1v) is 6.48. The molecule has 0 heterocycles. The summed E-state index contributed by atoms with van der Waals surface area (Å²) >= 11 is 0. The molecular formula is C18H18O. The van der Waals surface area contributed by atoms with Crippen molar-refractivity contribution < 1.29 is 4.79 Å². The smallest absolute Gasteiger partial charge is 0.185 e. The zero-order chi connectivity index (χ0) is 13.7. The van der Waals surface area contributed by atoms with E-state index in [4.69, 9.17) is 0 Å². The Morgan fingerprint density at radius 3 is 2.00 bits per heavy atom. The lowest BCUT2D eigenvalue weighted by Gasteiger charge is -1.98. The Balaban J connectivity index is 1.97. The lowest BCUT2D eigenvalue weighted by molar-refractivity contribution is 0.104. The van der Waals surface area contributed by atoms with Crippen LogP contribution < -0.4 is 0 Å². The molecule has 0 aliphatic carbocycles. The fraction of sp³-hybridized carbons (Fsp3) is 0.167. The van der Waals surface area contributed by atoms with E-state index in [1.807, 2.05) is 37.3 Å². The van der Waals surface area contributed by atoms with Crippen LogP contribution in [0, 0.1) is 13.8 Å². The highest BCUT2D eigenvalue weighted by Crippen LogP contribution is 2.07. The van der Waals surface area contributed by atoms with Crippen LogP contribution in [-0.2, 0) is 6.42 Å². The van der Waals surface area contributed by atoms with Crippen molar-refractivity contribution in [1.29, 1.82) is 0 Å². The SMILES string of the molecule is Cc1ccc(C/C=C/C(=O)c2ccc(C)cc2)cc1. The summed E-state index contributed by atoms with van der Waals surface area (Å²) in [5.41, 5.74) is 4.38. The molecule has 0 aliphatic rings. The average Bonchev–Trinajstić information content (AvgIpc) is 2.41. The fourth-order valence-corrected chi connectivity index (χ4v) is 1.84. The van der Waals surface area contributed by atoms with E-state index in [-0.39, 0.29) is 5.78 Å². The molecule has 2 aromatic rings. The summed E-state index contributed by atoms with van der Waals surface area (Å²) in [6.07, 6.45) is 4.37. The number of ketones is 1. The zero-order valence-electron chi connectivity index (χ0n) is 11.4. The second-order valence-corrected chi connectivity index (χ2v) is 4.82. The second-order valence-electron chi connectivity index (χ2n) is 4.82. The Labute approximate surface area is 114 Å². The first kappa shape index (κ1) is 13.3. The highest BCUT2D eigenvalue weighted by molar-refractivity contribution is 6.04. The number of allylic oxidation sites excluding steroid dienone is 2. The summed E-state index contributed by atoms with van der Waals surface area (Å²) in [6, 6.07) is 16.0. The molecule has 0 spiro atoms. The second kappa shape index (κ2) is 6.14. The highest BCUT2D eigenvalue weighted by atomic mass is 16.1. The van der Waals surface area contributed by atoms with Gasteiger partial charge in [-0.25, -0.2) is 0 Å². The van der Waals surface area contributed by atoms with Gasteiger partial charge in [-0.2, -0.15) is 0 Å². The Morgan fingerprint density at radius 2 is 1.42 bits per heavy atom. The highest BCUT2D eigenvalue weighted by Gasteiger charge is 2.00. The van der Waals surface area contributed by atoms with Crippen molar-refractivity contribution in [3.05, 3.63) is 82.9 Å². The van der Waals surface area contributed by atoms with E-state index in [9.17, 15) is 4.79 Å². The Hall–Kier alpha value is -2.15. The van der Waals surface area contributed by atoms with Crippen molar-refractivity contribution in [3.63, 3.8) is 0 Å². The normalized spacial score (nSPS) is 10.8. The van der Waals surface area contributed by atoms with E-state index in [1.165, 1.54) is 16.7 Å². The minimum atomic E-state index is 0.0621. The lowest BCUT2D eigenvalue weighted by atomic mass is 10.1. The molecule has 0 unspecified atom stereocenters. The third kappa shape index (κ3) is 3.92. The van der Waals surface area contributed by atoms with Crippen molar-refractivity contribution in [2.24, 2.45) is 0 Å². The molecule has 0 N–H and O–H groups in total. The van der Waals surface area contributed by atoms with Gasteiger partial charge in [-0.15, -0.1) is 0 Å². The molecule has 19 heavy (non-hydrogen) atoms. The van der Waals surface area contributed by atoms with Crippen molar-refractivity contribution >= 4 is 5.78 Å². The maximum atomic E-state index is 11.9. The third-order valence-electron chi connectivity index (χ3n) is 3.08. The summed E-state index contributed by atoms with van der Waals surface area (Å²) in [4.78, 5) is 11.9. The van der Waals surface area contributed by atoms with Crippen molar-refractivity contribution in [1.82, 2.24) is 0 Å². The lowest BCUT2D eigenvalue weighted by Crippen LogP contribution is -1.94. The minimum Gasteiger partial charge on any atom is -0.289 e. The van der Waals surface area contributed by atoms with E-state index < -0.39 is 0 Å². The van der Waals surface area contributed by atoms with Gasteiger partial charge >= 0.3 is 0 Å². The van der Waals surface area contributed by atoms with E-state index in [1.54, 1.807) is 6.08 Å². The largest absolute Gasteiger partial charge is 0.289 e. The summed E-state index contributed by atoms with van der Waals surface area (Å²) in [5.74, 6) is 0.0621. The van der Waals surface area contributed by atoms with E-state index >= 15 is 0 Å². The van der Waals surface area contributed by atoms with Crippen LogP contribution in [0.5, 0.6) is 0 Å². The molecule has 2 aromatic carbocycles. The molecule has 0 saturated carbocycles. The van der Waals surface area contributed by atoms with Crippen LogP contribution in [0.25, 0.3) is 0 Å². The topological polar surface area (TPSA) is 17.1 Å². The number of hydrogen-bond acceptors (Lipinski definition) is 1. The molecule has 2 rings (SSSR count). The van der Waals surface area contributed by atoms with Crippen LogP contribution in [-0.4, -0.2) is 5.78 Å². The van der Waals surface area contributed by atoms with Crippen LogP contribution in [0.1, 0.15) is 27.0 Å². The number of rotatable bonds is 4. The molecule has 0 bridgehead atoms. The number of aryl methyl sites for hydroxylation is 2. The van der Waals surface area contributed by atoms with Crippen molar-refractivity contribution in [2.75, 3.05) is 0 Å². The fourth-order valence-electron chi connectivity index (χ4n) is 1.84. The maximum Gasteiger partial charge on any atom is 0.185 e. The van der Waals surface area contributed by atoms with Gasteiger partial charge in [0.2, 0.25) is 0 Å². The minimum absolute atomic E-state index is 0.0621. The molecule has 0 radical (unpaired) electrons. The van der Waals surface area contributed by atoms with E-state index in [0.29, 0.717) is 0 Å². The van der Waals surface area contributed by atoms with Crippen LogP contribution in [0.3, 0.4) is 0 Å². The van der Waals surface area contributed by atoms with Gasteiger partial charge in [0.25, 0.3) is 0 Å². The van der Waals surface area contributed by atoms with Crippen molar-refractivity contribution in [3.8, 4) is 0 Å². The summed E-state index contributed by atoms with van der Waals surface area (Å²) in [7, 11) is 0. The molecule has 0 aliphatic heterocycles. The summed E-state index contributed by atoms with van der Waals surface area (Å²) < 4.78 is 0. The Morgan fingerprint density at radius 1 is 0.895 bits per heavy atom. The van der Waals surface area contributed by atoms with Gasteiger partial charge < -0.3 is 0 Å². The molecule has 1 nitrogen and oxygen atoms in total. The zero-order valence-corrected chi connectivity index (χ0v) is 11.4. The molecule has 1 heteroatoms. The van der Waals surface area contributed by atoms with Gasteiger partial charge in [-0.3, -0.25) is 4.79 Å². The summed E-state index contributed by atoms with van der Waals surface area (Å²) in [6.45, 7) is 4.09. The maximum absolute atomic E-state index is 11.9. The van der Waals surface area contributed by atoms with Gasteiger partial charge in [0.1, 0.15) is 0 Å². The van der Waals surface area contributed by atoms with Gasteiger partial charge in [-0.1, -0.05) is 65.7 Å². The van der Waals surface area contributed by atoms with E-state index in [2.05, 4.69) is 31.2 Å². The van der Waals surface area contributed by atoms with Crippen LogP contribution in [0.4, 0.5) is 0 Å². The molecule has 0 saturated heterocycles. The third-order valence-corrected chi connectivity index (χ3v) is 3.08. The Bertz CT molecular complexity index is 574. The molecule has 0 amide bonds. The standard InChI is InChI=1S/C18H18O/c1-14-6-10-16(11-7-14)4-3-5-18(19)17-12-8-15(2)9-13-17/h3,5-13H,4H2,1-2H3/b5-3+. The van der Waals surface area contributed by atoms with Gasteiger partial charge in [0.15, 0.2) is 5.78 Å². The predicted molar refractivity (Wildman–Crippen MR) is 79.5 cm³/mol. The molecule has 0 aromatic heterocycles. The first-order valence-electron chi connectivity index (χ1n) is 6.48. The average molecular weight is 250 g/mol. The van der Waals surface area contributed by atoms with Crippen LogP contribution >= 0.6 is 0 Å². The summed E-state index contributed by atoms with van der Waals surface area (Å²) in [5, 5.41) is 0. The van der Waals surface area contributed by atoms with Gasteiger partial charge in [0.05, 0.1) is 0 Å². The molecular weight excluding hydrogens is 232 g/mol. The monoisotopic (exact) mass is 250 g/mol. The molecule has 0 fully saturated rings. The number of carbonyl (C=O) groups excluding carboxylic acids is 1. The molecule has 96 valence electrons. The quantitative estimate of drug-likeness (QED) is 0.584. The number of hydrogen-bond donors (Lipinski definition) is 0. The number of benzene rings is 2.